The van der Waals surface area contributed by atoms with Crippen molar-refractivity contribution < 1.29 is 14.3 Å². The van der Waals surface area contributed by atoms with E-state index < -0.39 is 12.1 Å². The molecule has 4 aliphatic rings. The maximum atomic E-state index is 13.0. The standard InChI is InChI=1S/C46H58N2O3/c1-28(2)8-6-9-29(3)38-20-21-39-37-19-17-34-26-35(22-24-45(34,4)40(37)23-25-46(38,39)5)51-44(50)48-43(49)47-27-33-15-14-32-13-12-30-10-7-11-31-16-18-36(33)42(32)41(30)31/h7,10-18,28-29,35,37-40H,6,8-9,19-27H2,1-5H3,(H2,47,48,49,50)/t29-,35+,37+,38-,39+,40+,45+,46-/m1/s1. The minimum absolute atomic E-state index is 0.192. The first-order valence-electron chi connectivity index (χ1n) is 20.2. The fourth-order valence-corrected chi connectivity index (χ4v) is 12.2. The fourth-order valence-electron chi connectivity index (χ4n) is 12.2. The van der Waals surface area contributed by atoms with Crippen molar-refractivity contribution in [3.05, 3.63) is 71.8 Å². The molecule has 0 spiro atoms. The molecule has 0 radical (unpaired) electrons. The summed E-state index contributed by atoms with van der Waals surface area (Å²) in [5.41, 5.74) is 3.19. The monoisotopic (exact) mass is 686 g/mol. The summed E-state index contributed by atoms with van der Waals surface area (Å²) in [6.07, 6.45) is 15.2. The van der Waals surface area contributed by atoms with E-state index in [4.69, 9.17) is 4.74 Å². The average molecular weight is 687 g/mol. The summed E-state index contributed by atoms with van der Waals surface area (Å²) in [6, 6.07) is 18.6. The van der Waals surface area contributed by atoms with Crippen LogP contribution in [0.15, 0.2) is 66.2 Å². The van der Waals surface area contributed by atoms with E-state index in [1.807, 2.05) is 0 Å². The van der Waals surface area contributed by atoms with Crippen LogP contribution in [0.25, 0.3) is 32.3 Å². The number of imide groups is 1. The van der Waals surface area contributed by atoms with Gasteiger partial charge in [-0.1, -0.05) is 120 Å². The third kappa shape index (κ3) is 6.11. The summed E-state index contributed by atoms with van der Waals surface area (Å²) in [4.78, 5) is 25.9. The van der Waals surface area contributed by atoms with Crippen LogP contribution in [0.4, 0.5) is 9.59 Å². The van der Waals surface area contributed by atoms with Gasteiger partial charge in [-0.15, -0.1) is 0 Å². The molecule has 5 nitrogen and oxygen atoms in total. The number of rotatable bonds is 8. The molecule has 0 heterocycles. The SMILES string of the molecule is CC(C)CCC[C@@H](C)[C@H]1CC[C@H]2[C@@H]3CC=C4C[C@@H](OC(=O)NC(=O)NCc5ccc6ccc7cccc8ccc5c6c78)CC[C@]4(C)[C@H]3CC[C@]12C. The molecular formula is C46H58N2O3. The summed E-state index contributed by atoms with van der Waals surface area (Å²) >= 11 is 0. The molecule has 51 heavy (non-hydrogen) atoms. The van der Waals surface area contributed by atoms with Gasteiger partial charge in [0.05, 0.1) is 0 Å². The molecule has 0 bridgehead atoms. The van der Waals surface area contributed by atoms with Gasteiger partial charge >= 0.3 is 12.1 Å². The van der Waals surface area contributed by atoms with Crippen LogP contribution in [0.2, 0.25) is 0 Å². The average Bonchev–Trinajstić information content (AvgIpc) is 3.47. The number of nitrogens with one attached hydrogen (secondary N) is 2. The molecule has 270 valence electrons. The van der Waals surface area contributed by atoms with Gasteiger partial charge in [-0.25, -0.2) is 14.9 Å². The van der Waals surface area contributed by atoms with E-state index >= 15 is 0 Å². The Kier molecular flexibility index (Phi) is 9.08. The Hall–Kier alpha value is -3.60. The first-order valence-corrected chi connectivity index (χ1v) is 20.2. The van der Waals surface area contributed by atoms with Crippen LogP contribution in [0.1, 0.15) is 111 Å². The number of carbonyl (C=O) groups excluding carboxylic acids is 2. The maximum absolute atomic E-state index is 13.0. The first kappa shape index (κ1) is 34.5. The number of carbonyl (C=O) groups is 2. The van der Waals surface area contributed by atoms with Crippen molar-refractivity contribution >= 4 is 44.4 Å². The summed E-state index contributed by atoms with van der Waals surface area (Å²) in [6.45, 7) is 12.8. The Morgan fingerprint density at radius 1 is 0.843 bits per heavy atom. The first-order chi connectivity index (χ1) is 24.5. The molecule has 4 aromatic carbocycles. The number of ether oxygens (including phenoxy) is 1. The van der Waals surface area contributed by atoms with Gasteiger partial charge in [-0.3, -0.25) is 0 Å². The molecule has 2 N–H and O–H groups in total. The van der Waals surface area contributed by atoms with E-state index in [1.54, 1.807) is 0 Å². The van der Waals surface area contributed by atoms with Crippen LogP contribution in [-0.2, 0) is 11.3 Å². The van der Waals surface area contributed by atoms with Crippen LogP contribution in [0.5, 0.6) is 0 Å². The van der Waals surface area contributed by atoms with Crippen molar-refractivity contribution in [1.82, 2.24) is 10.6 Å². The molecule has 3 fully saturated rings. The Labute approximate surface area is 304 Å². The molecule has 0 unspecified atom stereocenters. The van der Waals surface area contributed by atoms with E-state index in [2.05, 4.69) is 106 Å². The highest BCUT2D eigenvalue weighted by Crippen LogP contribution is 2.67. The predicted octanol–water partition coefficient (Wildman–Crippen LogP) is 11.9. The smallest absolute Gasteiger partial charge is 0.415 e. The van der Waals surface area contributed by atoms with Gasteiger partial charge in [0.2, 0.25) is 0 Å². The molecule has 5 heteroatoms. The lowest BCUT2D eigenvalue weighted by molar-refractivity contribution is -0.0580. The second-order valence-electron chi connectivity index (χ2n) is 17.9. The van der Waals surface area contributed by atoms with Crippen LogP contribution < -0.4 is 10.6 Å². The number of benzene rings is 4. The van der Waals surface area contributed by atoms with Crippen molar-refractivity contribution in [2.75, 3.05) is 0 Å². The third-order valence-electron chi connectivity index (χ3n) is 14.8. The molecule has 0 saturated heterocycles. The Bertz CT molecular complexity index is 1950. The minimum Gasteiger partial charge on any atom is -0.446 e. The summed E-state index contributed by atoms with van der Waals surface area (Å²) < 4.78 is 5.91. The van der Waals surface area contributed by atoms with Crippen molar-refractivity contribution in [1.29, 1.82) is 0 Å². The number of amides is 3. The van der Waals surface area contributed by atoms with Crippen molar-refractivity contribution in [2.45, 2.75) is 118 Å². The highest BCUT2D eigenvalue weighted by molar-refractivity contribution is 6.23. The number of alkyl carbamates (subject to hydrolysis) is 1. The molecular weight excluding hydrogens is 629 g/mol. The summed E-state index contributed by atoms with van der Waals surface area (Å²) in [5.74, 6) is 4.85. The largest absolute Gasteiger partial charge is 0.446 e. The lowest BCUT2D eigenvalue weighted by atomic mass is 9.47. The zero-order valence-corrected chi connectivity index (χ0v) is 31.5. The van der Waals surface area contributed by atoms with Crippen molar-refractivity contribution in [2.24, 2.45) is 46.3 Å². The third-order valence-corrected chi connectivity index (χ3v) is 14.8. The number of hydrogen-bond donors (Lipinski definition) is 2. The number of allylic oxidation sites excluding steroid dienone is 1. The highest BCUT2D eigenvalue weighted by atomic mass is 16.6. The summed E-state index contributed by atoms with van der Waals surface area (Å²) in [7, 11) is 0. The quantitative estimate of drug-likeness (QED) is 0.143. The molecule has 0 aromatic heterocycles. The number of hydrogen-bond acceptors (Lipinski definition) is 3. The topological polar surface area (TPSA) is 67.4 Å². The molecule has 3 amide bonds. The van der Waals surface area contributed by atoms with E-state index in [-0.39, 0.29) is 11.5 Å². The van der Waals surface area contributed by atoms with Gasteiger partial charge in [0.15, 0.2) is 0 Å². The zero-order valence-electron chi connectivity index (χ0n) is 31.5. The van der Waals surface area contributed by atoms with Crippen LogP contribution in [-0.4, -0.2) is 18.2 Å². The predicted molar refractivity (Wildman–Crippen MR) is 209 cm³/mol. The normalized spacial score (nSPS) is 30.9. The molecule has 0 aliphatic heterocycles. The second-order valence-corrected chi connectivity index (χ2v) is 17.9. The van der Waals surface area contributed by atoms with Crippen LogP contribution in [0.3, 0.4) is 0 Å². The van der Waals surface area contributed by atoms with Gasteiger partial charge in [0, 0.05) is 13.0 Å². The van der Waals surface area contributed by atoms with Gasteiger partial charge in [0.1, 0.15) is 6.10 Å². The maximum Gasteiger partial charge on any atom is 0.415 e. The Morgan fingerprint density at radius 2 is 1.59 bits per heavy atom. The fraction of sp³-hybridized carbons (Fsp3) is 0.565. The van der Waals surface area contributed by atoms with Gasteiger partial charge in [-0.2, -0.15) is 0 Å². The molecule has 8 atom stereocenters. The van der Waals surface area contributed by atoms with Gasteiger partial charge < -0.3 is 10.1 Å². The molecule has 4 aromatic rings. The Balaban J connectivity index is 0.866. The van der Waals surface area contributed by atoms with Crippen LogP contribution in [0, 0.1) is 46.3 Å². The van der Waals surface area contributed by atoms with Crippen molar-refractivity contribution in [3.8, 4) is 0 Å². The van der Waals surface area contributed by atoms with Crippen LogP contribution >= 0.6 is 0 Å². The number of fused-ring (bicyclic) bond motifs is 5. The Morgan fingerprint density at radius 3 is 2.37 bits per heavy atom. The molecule has 8 rings (SSSR count). The van der Waals surface area contributed by atoms with E-state index in [1.165, 1.54) is 83.9 Å². The van der Waals surface area contributed by atoms with Crippen molar-refractivity contribution in [3.63, 3.8) is 0 Å². The number of urea groups is 1. The van der Waals surface area contributed by atoms with E-state index in [0.29, 0.717) is 12.0 Å². The van der Waals surface area contributed by atoms with E-state index in [9.17, 15) is 9.59 Å². The minimum atomic E-state index is -0.654. The molecule has 4 aliphatic carbocycles. The van der Waals surface area contributed by atoms with Gasteiger partial charge in [0.25, 0.3) is 0 Å². The lowest BCUT2D eigenvalue weighted by Crippen LogP contribution is -2.51. The van der Waals surface area contributed by atoms with E-state index in [0.717, 1.165) is 65.7 Å². The highest BCUT2D eigenvalue weighted by Gasteiger charge is 2.59. The molecule has 3 saturated carbocycles. The summed E-state index contributed by atoms with van der Waals surface area (Å²) in [5, 5.41) is 12.6. The zero-order chi connectivity index (χ0) is 35.5. The second kappa shape index (κ2) is 13.4. The lowest BCUT2D eigenvalue weighted by Gasteiger charge is -2.58. The van der Waals surface area contributed by atoms with Gasteiger partial charge in [-0.05, 0) is 129 Å².